The van der Waals surface area contributed by atoms with Crippen LogP contribution in [0, 0.1) is 83.1 Å². The summed E-state index contributed by atoms with van der Waals surface area (Å²) in [6, 6.07) is 49.5. The average molecular weight is 1100 g/mol. The number of aryl methyl sites for hydroxylation is 10. The molecule has 418 valence electrons. The Bertz CT molecular complexity index is 4590. The van der Waals surface area contributed by atoms with Gasteiger partial charge in [0.1, 0.15) is 23.3 Å². The minimum atomic E-state index is 0.813. The van der Waals surface area contributed by atoms with Crippen LogP contribution in [0.4, 0.5) is 0 Å². The molecule has 84 heavy (non-hydrogen) atoms. The van der Waals surface area contributed by atoms with Gasteiger partial charge in [0.15, 0.2) is 0 Å². The second-order valence-corrected chi connectivity index (χ2v) is 21.4. The van der Waals surface area contributed by atoms with Crippen molar-refractivity contribution in [2.45, 2.75) is 83.1 Å². The van der Waals surface area contributed by atoms with Crippen molar-refractivity contribution in [3.05, 3.63) is 239 Å². The summed E-state index contributed by atoms with van der Waals surface area (Å²) in [5.41, 5.74) is 18.2. The van der Waals surface area contributed by atoms with Crippen molar-refractivity contribution in [1.29, 1.82) is 0 Å². The Morgan fingerprint density at radius 3 is 1.32 bits per heavy atom. The molecule has 15 aromatic rings. The van der Waals surface area contributed by atoms with Crippen molar-refractivity contribution < 1.29 is 0 Å². The van der Waals surface area contributed by atoms with Gasteiger partial charge in [-0.2, -0.15) is 0 Å². The minimum Gasteiger partial charge on any atom is -0.335 e. The Morgan fingerprint density at radius 2 is 0.738 bits per heavy atom. The van der Waals surface area contributed by atoms with Crippen LogP contribution in [0.15, 0.2) is 170 Å². The summed E-state index contributed by atoms with van der Waals surface area (Å²) in [5, 5.41) is 12.0. The third-order valence-electron chi connectivity index (χ3n) is 15.9. The van der Waals surface area contributed by atoms with Gasteiger partial charge in [0.2, 0.25) is 0 Å². The molecule has 12 nitrogen and oxygen atoms in total. The summed E-state index contributed by atoms with van der Waals surface area (Å²) in [6.07, 6.45) is 7.40. The summed E-state index contributed by atoms with van der Waals surface area (Å²) in [5.74, 6) is 3.81. The first-order chi connectivity index (χ1) is 40.5. The van der Waals surface area contributed by atoms with E-state index in [2.05, 4.69) is 200 Å². The molecule has 9 aromatic carbocycles. The summed E-state index contributed by atoms with van der Waals surface area (Å²) < 4.78 is 4.28. The Kier molecular flexibility index (Phi) is 16.8. The molecule has 15 rings (SSSR count). The zero-order valence-electron chi connectivity index (χ0n) is 50.5. The number of hydrogen-bond donors (Lipinski definition) is 0. The SMILES string of the molecule is Cc1c(C)c(C)c2c(nc(C)n2C)c1C.Cc1cnc2c3ccccc3c3ccccc3c2n1.Cc1cnc2ccccc2n1.Cc1nc(C)n(C)c1C.Cc1ncc2c3ccccc3c3ccccc3c2n1.Cc1ncc2ccccc2n1. The van der Waals surface area contributed by atoms with Crippen molar-refractivity contribution in [1.82, 2.24) is 59.0 Å². The zero-order chi connectivity index (χ0) is 59.3. The number of aromatic nitrogens is 12. The fraction of sp³-hybridized carbons (Fsp3) is 0.194. The normalized spacial score (nSPS) is 11.0. The standard InChI is InChI=1S/2C17H12N2.C13H18N2.2C9H8N2.C7H12N2/c1-11-10-18-16-14-8-4-2-6-12(14)13-7-3-5-9-15(13)17(16)19-11;1-11-18-10-16-14-8-3-2-6-12(14)13-7-4-5-9-15(13)17(16)19-11;1-7-8(2)10(4)13-12(9(7)3)14-11(5)15(13)6;1-7-10-6-8-4-2-3-5-9(8)11-7;1-7-6-10-8-4-2-3-5-9(8)11-7;1-5-6(2)9(4)7(3)8-5/h2*2-10H,1H3;1-6H3;2*2-6H,1H3;1-4H3. The van der Waals surface area contributed by atoms with Gasteiger partial charge in [0.25, 0.3) is 0 Å². The molecule has 0 bridgehead atoms. The highest BCUT2D eigenvalue weighted by atomic mass is 15.1. The fourth-order valence-electron chi connectivity index (χ4n) is 10.7. The number of fused-ring (bicyclic) bond motifs is 15. The van der Waals surface area contributed by atoms with Gasteiger partial charge in [-0.3, -0.25) is 9.97 Å². The molecule has 0 aliphatic carbocycles. The molecular weight excluding hydrogens is 1030 g/mol. The first-order valence-corrected chi connectivity index (χ1v) is 28.3. The molecule has 0 fully saturated rings. The fourth-order valence-corrected chi connectivity index (χ4v) is 10.7. The maximum absolute atomic E-state index is 4.69. The smallest absolute Gasteiger partial charge is 0.125 e. The lowest BCUT2D eigenvalue weighted by Crippen LogP contribution is -1.97. The molecular formula is C72H70N12. The lowest BCUT2D eigenvalue weighted by Gasteiger charge is -2.11. The van der Waals surface area contributed by atoms with Crippen LogP contribution in [0.25, 0.3) is 98.0 Å². The van der Waals surface area contributed by atoms with Gasteiger partial charge >= 0.3 is 0 Å². The highest BCUT2D eigenvalue weighted by Crippen LogP contribution is 2.35. The summed E-state index contributed by atoms with van der Waals surface area (Å²) >= 11 is 0. The van der Waals surface area contributed by atoms with Crippen LogP contribution < -0.4 is 0 Å². The van der Waals surface area contributed by atoms with Crippen LogP contribution in [0.2, 0.25) is 0 Å². The van der Waals surface area contributed by atoms with E-state index in [1.165, 1.54) is 76.6 Å². The summed E-state index contributed by atoms with van der Waals surface area (Å²) in [7, 11) is 4.12. The van der Waals surface area contributed by atoms with Gasteiger partial charge in [-0.05, 0) is 150 Å². The second-order valence-electron chi connectivity index (χ2n) is 21.4. The van der Waals surface area contributed by atoms with Crippen molar-refractivity contribution in [3.8, 4) is 0 Å². The predicted octanol–water partition coefficient (Wildman–Crippen LogP) is 16.8. The van der Waals surface area contributed by atoms with Crippen LogP contribution in [0.1, 0.15) is 68.3 Å². The molecule has 6 aromatic heterocycles. The Balaban J connectivity index is 0.000000115. The first-order valence-electron chi connectivity index (χ1n) is 28.3. The van der Waals surface area contributed by atoms with E-state index in [1.807, 2.05) is 116 Å². The lowest BCUT2D eigenvalue weighted by atomic mass is 9.97. The first kappa shape index (κ1) is 57.3. The zero-order valence-corrected chi connectivity index (χ0v) is 50.5. The van der Waals surface area contributed by atoms with E-state index in [-0.39, 0.29) is 0 Å². The highest BCUT2D eigenvalue weighted by molar-refractivity contribution is 6.24. The number of rotatable bonds is 0. The molecule has 0 saturated heterocycles. The van der Waals surface area contributed by atoms with Gasteiger partial charge in [0, 0.05) is 71.5 Å². The Morgan fingerprint density at radius 1 is 0.286 bits per heavy atom. The van der Waals surface area contributed by atoms with Crippen LogP contribution >= 0.6 is 0 Å². The maximum Gasteiger partial charge on any atom is 0.125 e. The van der Waals surface area contributed by atoms with E-state index in [9.17, 15) is 0 Å². The molecule has 6 heterocycles. The third-order valence-corrected chi connectivity index (χ3v) is 15.9. The third kappa shape index (κ3) is 11.7. The van der Waals surface area contributed by atoms with Gasteiger partial charge in [-0.15, -0.1) is 0 Å². The average Bonchev–Trinajstić information content (AvgIpc) is 2.19. The molecule has 0 spiro atoms. The number of para-hydroxylation sites is 3. The van der Waals surface area contributed by atoms with E-state index < -0.39 is 0 Å². The minimum absolute atomic E-state index is 0.813. The molecule has 0 aliphatic heterocycles. The van der Waals surface area contributed by atoms with Gasteiger partial charge in [-0.1, -0.05) is 127 Å². The van der Waals surface area contributed by atoms with Crippen molar-refractivity contribution >= 4 is 98.0 Å². The van der Waals surface area contributed by atoms with Crippen LogP contribution in [-0.2, 0) is 14.1 Å². The molecule has 0 saturated carbocycles. The van der Waals surface area contributed by atoms with Crippen molar-refractivity contribution in [3.63, 3.8) is 0 Å². The Labute approximate surface area is 490 Å². The molecule has 0 radical (unpaired) electrons. The number of imidazole rings is 2. The molecule has 0 unspecified atom stereocenters. The van der Waals surface area contributed by atoms with E-state index in [0.29, 0.717) is 0 Å². The quantitative estimate of drug-likeness (QED) is 0.135. The van der Waals surface area contributed by atoms with E-state index >= 15 is 0 Å². The molecule has 0 amide bonds. The largest absolute Gasteiger partial charge is 0.335 e. The summed E-state index contributed by atoms with van der Waals surface area (Å²) in [4.78, 5) is 44.1. The van der Waals surface area contributed by atoms with E-state index in [4.69, 9.17) is 4.98 Å². The maximum atomic E-state index is 4.69. The number of nitrogens with zero attached hydrogens (tertiary/aromatic N) is 12. The second kappa shape index (κ2) is 24.6. The highest BCUT2D eigenvalue weighted by Gasteiger charge is 2.15. The predicted molar refractivity (Wildman–Crippen MR) is 349 cm³/mol. The van der Waals surface area contributed by atoms with Crippen molar-refractivity contribution in [2.75, 3.05) is 0 Å². The topological polar surface area (TPSA) is 139 Å². The van der Waals surface area contributed by atoms with Gasteiger partial charge in [0.05, 0.1) is 61.2 Å². The molecule has 0 aliphatic rings. The lowest BCUT2D eigenvalue weighted by molar-refractivity contribution is 0.827. The van der Waals surface area contributed by atoms with Crippen LogP contribution in [0.3, 0.4) is 0 Å². The van der Waals surface area contributed by atoms with Crippen molar-refractivity contribution in [2.24, 2.45) is 14.1 Å². The van der Waals surface area contributed by atoms with Gasteiger partial charge < -0.3 is 9.13 Å². The monoisotopic (exact) mass is 1100 g/mol. The van der Waals surface area contributed by atoms with E-state index in [1.54, 1.807) is 6.20 Å². The molecule has 0 N–H and O–H groups in total. The van der Waals surface area contributed by atoms with Gasteiger partial charge in [-0.25, -0.2) is 39.9 Å². The number of hydrogen-bond acceptors (Lipinski definition) is 10. The van der Waals surface area contributed by atoms with Crippen LogP contribution in [-0.4, -0.2) is 59.0 Å². The summed E-state index contributed by atoms with van der Waals surface area (Å²) in [6.45, 7) is 24.7. The Hall–Kier alpha value is -9.94. The number of benzene rings is 9. The molecule has 0 atom stereocenters. The van der Waals surface area contributed by atoms with E-state index in [0.717, 1.165) is 89.8 Å². The molecule has 12 heteroatoms. The van der Waals surface area contributed by atoms with Crippen LogP contribution in [0.5, 0.6) is 0 Å².